The average molecular weight is 531 g/mol. The number of hydrogen-bond acceptors (Lipinski definition) is 4. The van der Waals surface area contributed by atoms with Crippen LogP contribution >= 0.6 is 11.3 Å². The van der Waals surface area contributed by atoms with Gasteiger partial charge in [0.15, 0.2) is 0 Å². The smallest absolute Gasteiger partial charge is 0.124 e. The summed E-state index contributed by atoms with van der Waals surface area (Å²) in [5, 5.41) is 3.44. The lowest BCUT2D eigenvalue weighted by molar-refractivity contribution is 1.18. The molecule has 0 unspecified atom stereocenters. The van der Waals surface area contributed by atoms with Crippen molar-refractivity contribution in [2.24, 2.45) is 0 Å². The molecule has 40 heavy (non-hydrogen) atoms. The second kappa shape index (κ2) is 9.26. The average Bonchev–Trinajstić information content (AvgIpc) is 3.61. The van der Waals surface area contributed by atoms with Gasteiger partial charge in [0.2, 0.25) is 0 Å². The number of para-hydroxylation sites is 2. The third-order valence-corrected chi connectivity index (χ3v) is 8.47. The minimum Gasteiger partial charge on any atom is -0.309 e. The molecule has 0 saturated heterocycles. The molecule has 8 rings (SSSR count). The highest BCUT2D eigenvalue weighted by Gasteiger charge is 2.18. The third kappa shape index (κ3) is 3.71. The molecule has 4 aromatic carbocycles. The van der Waals surface area contributed by atoms with E-state index in [0.717, 1.165) is 44.1 Å². The van der Waals surface area contributed by atoms with Gasteiger partial charge >= 0.3 is 0 Å². The Morgan fingerprint density at radius 2 is 1.48 bits per heavy atom. The highest BCUT2D eigenvalue weighted by molar-refractivity contribution is 7.21. The van der Waals surface area contributed by atoms with Gasteiger partial charge in [-0.05, 0) is 60.2 Å². The normalized spacial score (nSPS) is 11.5. The Balaban J connectivity index is 1.44. The van der Waals surface area contributed by atoms with Crippen LogP contribution in [0.25, 0.3) is 70.7 Å². The highest BCUT2D eigenvalue weighted by Crippen LogP contribution is 2.40. The minimum absolute atomic E-state index is 0.953. The molecule has 0 saturated carbocycles. The first-order valence-electron chi connectivity index (χ1n) is 13.2. The van der Waals surface area contributed by atoms with E-state index in [9.17, 15) is 0 Å². The lowest BCUT2D eigenvalue weighted by atomic mass is 10.0. The zero-order valence-electron chi connectivity index (χ0n) is 21.4. The molecule has 8 aromatic rings. The Kier molecular flexibility index (Phi) is 5.28. The number of pyridine rings is 2. The number of nitrogens with zero attached hydrogens (tertiary/aromatic N) is 4. The maximum absolute atomic E-state index is 4.96. The Labute approximate surface area is 234 Å². The molecule has 0 atom stereocenters. The van der Waals surface area contributed by atoms with Gasteiger partial charge in [-0.15, -0.1) is 11.3 Å². The number of aromatic nitrogens is 4. The summed E-state index contributed by atoms with van der Waals surface area (Å²) in [5.74, 6) is 0. The van der Waals surface area contributed by atoms with E-state index in [0.29, 0.717) is 0 Å². The summed E-state index contributed by atoms with van der Waals surface area (Å²) in [4.78, 5) is 13.8. The zero-order valence-corrected chi connectivity index (χ0v) is 22.2. The molecule has 0 aliphatic carbocycles. The summed E-state index contributed by atoms with van der Waals surface area (Å²) in [6.07, 6.45) is 5.55. The van der Waals surface area contributed by atoms with Crippen molar-refractivity contribution in [2.45, 2.75) is 0 Å². The van der Waals surface area contributed by atoms with Crippen molar-refractivity contribution in [1.82, 2.24) is 19.5 Å². The lowest BCUT2D eigenvalue weighted by Crippen LogP contribution is -1.96. The number of hydrogen-bond donors (Lipinski definition) is 0. The molecule has 4 heterocycles. The maximum Gasteiger partial charge on any atom is 0.124 e. The molecule has 4 nitrogen and oxygen atoms in total. The number of rotatable bonds is 4. The van der Waals surface area contributed by atoms with Crippen LogP contribution in [-0.4, -0.2) is 19.5 Å². The Hall–Kier alpha value is -5.13. The number of fused-ring (bicyclic) bond motifs is 4. The first-order valence-corrected chi connectivity index (χ1v) is 14.0. The summed E-state index contributed by atoms with van der Waals surface area (Å²) in [6.45, 7) is 0. The van der Waals surface area contributed by atoms with E-state index in [4.69, 9.17) is 4.98 Å². The van der Waals surface area contributed by atoms with Crippen LogP contribution in [0.4, 0.5) is 0 Å². The van der Waals surface area contributed by atoms with Crippen LogP contribution in [0.2, 0.25) is 0 Å². The van der Waals surface area contributed by atoms with Crippen LogP contribution in [0.15, 0.2) is 134 Å². The molecule has 5 heteroatoms. The number of thiazole rings is 1. The SMILES string of the molecule is c1ccc(-c2cccc(-n3c4cc(-c5nc6ccccc6s5)ccc4c4cccc(-c5ccncc5)c43)c2)nc1. The topological polar surface area (TPSA) is 43.6 Å². The Morgan fingerprint density at radius 3 is 2.35 bits per heavy atom. The van der Waals surface area contributed by atoms with Gasteiger partial charge in [-0.1, -0.05) is 60.7 Å². The van der Waals surface area contributed by atoms with Crippen molar-refractivity contribution in [3.8, 4) is 38.6 Å². The predicted octanol–water partition coefficient (Wildman–Crippen LogP) is 9.18. The Bertz CT molecular complexity index is 2130. The standard InChI is InChI=1S/C35H22N4S/c1-2-13-33-31(12-1)38-35(40-33)25-14-15-28-29-10-6-9-27(23-16-19-36-20-17-23)34(29)39(32(28)22-25)26-8-5-7-24(21-26)30-11-3-4-18-37-30/h1-22H. The van der Waals surface area contributed by atoms with Crippen LogP contribution in [0, 0.1) is 0 Å². The zero-order chi connectivity index (χ0) is 26.5. The van der Waals surface area contributed by atoms with Gasteiger partial charge in [0.25, 0.3) is 0 Å². The van der Waals surface area contributed by atoms with Crippen molar-refractivity contribution >= 4 is 43.4 Å². The first-order chi connectivity index (χ1) is 19.8. The van der Waals surface area contributed by atoms with Crippen LogP contribution in [0.5, 0.6) is 0 Å². The fraction of sp³-hybridized carbons (Fsp3) is 0. The van der Waals surface area contributed by atoms with Crippen molar-refractivity contribution in [3.05, 3.63) is 134 Å². The van der Waals surface area contributed by atoms with Crippen LogP contribution in [0.1, 0.15) is 0 Å². The molecule has 0 fully saturated rings. The van der Waals surface area contributed by atoms with E-state index in [1.54, 1.807) is 11.3 Å². The molecular weight excluding hydrogens is 508 g/mol. The highest BCUT2D eigenvalue weighted by atomic mass is 32.1. The van der Waals surface area contributed by atoms with Gasteiger partial charge in [0.05, 0.1) is 26.9 Å². The van der Waals surface area contributed by atoms with E-state index >= 15 is 0 Å². The summed E-state index contributed by atoms with van der Waals surface area (Å²) >= 11 is 1.73. The molecule has 0 spiro atoms. The fourth-order valence-electron chi connectivity index (χ4n) is 5.57. The van der Waals surface area contributed by atoms with Crippen LogP contribution < -0.4 is 0 Å². The van der Waals surface area contributed by atoms with Crippen molar-refractivity contribution < 1.29 is 0 Å². The predicted molar refractivity (Wildman–Crippen MR) is 166 cm³/mol. The van der Waals surface area contributed by atoms with Gasteiger partial charge in [0, 0.05) is 51.7 Å². The summed E-state index contributed by atoms with van der Waals surface area (Å²) in [5.41, 5.74) is 9.89. The summed E-state index contributed by atoms with van der Waals surface area (Å²) < 4.78 is 3.59. The maximum atomic E-state index is 4.96. The lowest BCUT2D eigenvalue weighted by Gasteiger charge is -2.13. The molecule has 4 aromatic heterocycles. The van der Waals surface area contributed by atoms with Crippen LogP contribution in [-0.2, 0) is 0 Å². The van der Waals surface area contributed by atoms with Crippen LogP contribution in [0.3, 0.4) is 0 Å². The molecule has 0 aliphatic heterocycles. The monoisotopic (exact) mass is 530 g/mol. The molecule has 0 amide bonds. The van der Waals surface area contributed by atoms with Crippen molar-refractivity contribution in [3.63, 3.8) is 0 Å². The minimum atomic E-state index is 0.953. The summed E-state index contributed by atoms with van der Waals surface area (Å²) in [6, 6.07) is 40.5. The van der Waals surface area contributed by atoms with E-state index in [1.807, 2.05) is 36.8 Å². The first kappa shape index (κ1) is 22.8. The largest absolute Gasteiger partial charge is 0.309 e. The quantitative estimate of drug-likeness (QED) is 0.228. The van der Waals surface area contributed by atoms with Gasteiger partial charge in [-0.3, -0.25) is 9.97 Å². The van der Waals surface area contributed by atoms with E-state index in [2.05, 4.69) is 112 Å². The van der Waals surface area contributed by atoms with Gasteiger partial charge in [-0.2, -0.15) is 0 Å². The van der Waals surface area contributed by atoms with Crippen molar-refractivity contribution in [1.29, 1.82) is 0 Å². The van der Waals surface area contributed by atoms with E-state index in [-0.39, 0.29) is 0 Å². The van der Waals surface area contributed by atoms with Crippen molar-refractivity contribution in [2.75, 3.05) is 0 Å². The van der Waals surface area contributed by atoms with E-state index < -0.39 is 0 Å². The second-order valence-corrected chi connectivity index (χ2v) is 10.8. The molecule has 0 aliphatic rings. The number of benzene rings is 4. The molecule has 0 N–H and O–H groups in total. The molecule has 0 bridgehead atoms. The molecule has 0 radical (unpaired) electrons. The Morgan fingerprint density at radius 1 is 0.600 bits per heavy atom. The van der Waals surface area contributed by atoms with E-state index in [1.165, 1.54) is 26.6 Å². The molecular formula is C35H22N4S. The molecule has 188 valence electrons. The summed E-state index contributed by atoms with van der Waals surface area (Å²) in [7, 11) is 0. The second-order valence-electron chi connectivity index (χ2n) is 9.76. The van der Waals surface area contributed by atoms with Gasteiger partial charge < -0.3 is 4.57 Å². The fourth-order valence-corrected chi connectivity index (χ4v) is 6.53. The third-order valence-electron chi connectivity index (χ3n) is 7.39. The van der Waals surface area contributed by atoms with Gasteiger partial charge in [0.1, 0.15) is 5.01 Å². The van der Waals surface area contributed by atoms with Gasteiger partial charge in [-0.25, -0.2) is 4.98 Å².